The van der Waals surface area contributed by atoms with Crippen molar-refractivity contribution in [1.82, 2.24) is 4.57 Å². The topological polar surface area (TPSA) is 4.93 Å². The number of nitrogens with zero attached hydrogens (tertiary/aromatic N) is 1. The Hall–Kier alpha value is -0.720. The van der Waals surface area contributed by atoms with Crippen molar-refractivity contribution in [2.75, 3.05) is 0 Å². The molecule has 1 aromatic rings. The first-order valence-electron chi connectivity index (χ1n) is 6.82. The van der Waals surface area contributed by atoms with Crippen LogP contribution in [-0.4, -0.2) is 4.57 Å². The first-order chi connectivity index (χ1) is 7.65. The Bertz CT molecular complexity index is 285. The number of hydrogen-bond acceptors (Lipinski definition) is 0. The predicted octanol–water partition coefficient (Wildman–Crippen LogP) is 5.14. The zero-order valence-corrected chi connectivity index (χ0v) is 11.4. The van der Waals surface area contributed by atoms with E-state index >= 15 is 0 Å². The Kier molecular flexibility index (Phi) is 5.65. The van der Waals surface area contributed by atoms with Crippen LogP contribution in [0.25, 0.3) is 0 Å². The second-order valence-corrected chi connectivity index (χ2v) is 5.24. The van der Waals surface area contributed by atoms with Gasteiger partial charge in [0.25, 0.3) is 0 Å². The summed E-state index contributed by atoms with van der Waals surface area (Å²) in [4.78, 5) is 0. The van der Waals surface area contributed by atoms with Crippen LogP contribution in [0, 0.1) is 0 Å². The Morgan fingerprint density at radius 3 is 2.44 bits per heavy atom. The Morgan fingerprint density at radius 1 is 1.12 bits per heavy atom. The third kappa shape index (κ3) is 4.03. The maximum Gasteiger partial charge on any atom is 0.0274 e. The molecule has 1 nitrogen and oxygen atoms in total. The van der Waals surface area contributed by atoms with E-state index in [1.807, 2.05) is 0 Å². The van der Waals surface area contributed by atoms with E-state index in [9.17, 15) is 0 Å². The molecule has 0 fully saturated rings. The Labute approximate surface area is 101 Å². The summed E-state index contributed by atoms with van der Waals surface area (Å²) in [5, 5.41) is 0. The van der Waals surface area contributed by atoms with E-state index in [1.165, 1.54) is 37.7 Å². The largest absolute Gasteiger partial charge is 0.352 e. The molecule has 0 spiro atoms. The third-order valence-electron chi connectivity index (χ3n) is 3.39. The van der Waals surface area contributed by atoms with Crippen molar-refractivity contribution in [2.45, 2.75) is 71.8 Å². The lowest BCUT2D eigenvalue weighted by Gasteiger charge is -2.10. The Morgan fingerprint density at radius 2 is 1.88 bits per heavy atom. The lowest BCUT2D eigenvalue weighted by atomic mass is 9.97. The second-order valence-electron chi connectivity index (χ2n) is 5.24. The molecule has 0 saturated carbocycles. The molecule has 1 atom stereocenters. The molecule has 1 aromatic heterocycles. The summed E-state index contributed by atoms with van der Waals surface area (Å²) in [5.74, 6) is 0.719. The van der Waals surface area contributed by atoms with Gasteiger partial charge in [0.2, 0.25) is 0 Å². The molecule has 1 unspecified atom stereocenters. The number of unbranched alkanes of at least 4 members (excludes halogenated alkanes) is 3. The maximum absolute atomic E-state index is 2.35. The van der Waals surface area contributed by atoms with Crippen molar-refractivity contribution in [2.24, 2.45) is 0 Å². The van der Waals surface area contributed by atoms with Gasteiger partial charge in [-0.1, -0.05) is 39.5 Å². The number of hydrogen-bond donors (Lipinski definition) is 0. The lowest BCUT2D eigenvalue weighted by Crippen LogP contribution is -1.97. The molecule has 0 N–H and O–H groups in total. The first-order valence-corrected chi connectivity index (χ1v) is 6.82. The van der Waals surface area contributed by atoms with Crippen molar-refractivity contribution in [3.05, 3.63) is 24.0 Å². The summed E-state index contributed by atoms with van der Waals surface area (Å²) in [5.41, 5.74) is 1.50. The van der Waals surface area contributed by atoms with Crippen LogP contribution in [0.15, 0.2) is 18.5 Å². The predicted molar refractivity (Wildman–Crippen MR) is 72.0 cm³/mol. The van der Waals surface area contributed by atoms with Crippen molar-refractivity contribution in [3.63, 3.8) is 0 Å². The van der Waals surface area contributed by atoms with Gasteiger partial charge in [-0.25, -0.2) is 0 Å². The molecular weight excluding hydrogens is 194 g/mol. The third-order valence-corrected chi connectivity index (χ3v) is 3.39. The van der Waals surface area contributed by atoms with Crippen LogP contribution in [0.2, 0.25) is 0 Å². The van der Waals surface area contributed by atoms with E-state index in [2.05, 4.69) is 50.7 Å². The van der Waals surface area contributed by atoms with Crippen LogP contribution in [-0.2, 0) is 0 Å². The lowest BCUT2D eigenvalue weighted by molar-refractivity contribution is 0.572. The van der Waals surface area contributed by atoms with Gasteiger partial charge in [0, 0.05) is 18.4 Å². The molecule has 0 aliphatic rings. The van der Waals surface area contributed by atoms with Gasteiger partial charge in [0.15, 0.2) is 0 Å². The summed E-state index contributed by atoms with van der Waals surface area (Å²) >= 11 is 0. The van der Waals surface area contributed by atoms with Gasteiger partial charge in [-0.05, 0) is 37.8 Å². The molecule has 1 heterocycles. The highest BCUT2D eigenvalue weighted by molar-refractivity contribution is 5.15. The van der Waals surface area contributed by atoms with E-state index in [0.717, 1.165) is 5.92 Å². The maximum atomic E-state index is 2.35. The molecule has 1 rings (SSSR count). The summed E-state index contributed by atoms with van der Waals surface area (Å²) in [6.07, 6.45) is 11.4. The van der Waals surface area contributed by atoms with Gasteiger partial charge in [-0.15, -0.1) is 0 Å². The fraction of sp³-hybridized carbons (Fsp3) is 0.733. The Balaban J connectivity index is 2.37. The molecule has 0 bridgehead atoms. The van der Waals surface area contributed by atoms with E-state index in [-0.39, 0.29) is 0 Å². The minimum absolute atomic E-state index is 0.584. The van der Waals surface area contributed by atoms with E-state index < -0.39 is 0 Å². The van der Waals surface area contributed by atoms with Crippen LogP contribution < -0.4 is 0 Å². The monoisotopic (exact) mass is 221 g/mol. The van der Waals surface area contributed by atoms with Gasteiger partial charge < -0.3 is 4.57 Å². The van der Waals surface area contributed by atoms with Crippen molar-refractivity contribution >= 4 is 0 Å². The highest BCUT2D eigenvalue weighted by Gasteiger charge is 2.07. The molecule has 0 aliphatic heterocycles. The molecule has 0 saturated heterocycles. The quantitative estimate of drug-likeness (QED) is 0.562. The minimum atomic E-state index is 0.584. The average molecular weight is 221 g/mol. The molecule has 0 radical (unpaired) electrons. The zero-order valence-electron chi connectivity index (χ0n) is 11.4. The summed E-state index contributed by atoms with van der Waals surface area (Å²) < 4.78 is 2.30. The van der Waals surface area contributed by atoms with Crippen molar-refractivity contribution in [1.29, 1.82) is 0 Å². The van der Waals surface area contributed by atoms with Crippen LogP contribution in [0.3, 0.4) is 0 Å². The minimum Gasteiger partial charge on any atom is -0.352 e. The van der Waals surface area contributed by atoms with Gasteiger partial charge in [-0.2, -0.15) is 0 Å². The fourth-order valence-electron chi connectivity index (χ4n) is 2.09. The second kappa shape index (κ2) is 6.78. The fourth-order valence-corrected chi connectivity index (χ4v) is 2.09. The van der Waals surface area contributed by atoms with Crippen molar-refractivity contribution < 1.29 is 0 Å². The van der Waals surface area contributed by atoms with E-state index in [1.54, 1.807) is 0 Å². The summed E-state index contributed by atoms with van der Waals surface area (Å²) in [6, 6.07) is 2.87. The van der Waals surface area contributed by atoms with Crippen LogP contribution in [0.4, 0.5) is 0 Å². The van der Waals surface area contributed by atoms with E-state index in [4.69, 9.17) is 0 Å². The highest BCUT2D eigenvalue weighted by atomic mass is 15.0. The first kappa shape index (κ1) is 13.3. The van der Waals surface area contributed by atoms with Crippen LogP contribution >= 0.6 is 0 Å². The highest BCUT2D eigenvalue weighted by Crippen LogP contribution is 2.23. The normalized spacial score (nSPS) is 13.3. The molecule has 16 heavy (non-hydrogen) atoms. The van der Waals surface area contributed by atoms with Gasteiger partial charge in [0.1, 0.15) is 0 Å². The molecule has 1 heteroatoms. The standard InChI is InChI=1S/C15H27N/c1-5-6-7-8-9-14(4)15-10-11-16(12-15)13(2)3/h10-14H,5-9H2,1-4H3. The molecule has 92 valence electrons. The van der Waals surface area contributed by atoms with Gasteiger partial charge >= 0.3 is 0 Å². The molecule has 0 aliphatic carbocycles. The van der Waals surface area contributed by atoms with Gasteiger partial charge in [0.05, 0.1) is 0 Å². The number of rotatable bonds is 7. The van der Waals surface area contributed by atoms with Crippen LogP contribution in [0.5, 0.6) is 0 Å². The van der Waals surface area contributed by atoms with E-state index in [0.29, 0.717) is 6.04 Å². The number of aromatic nitrogens is 1. The molecular formula is C15H27N. The molecule has 0 amide bonds. The zero-order chi connectivity index (χ0) is 12.0. The average Bonchev–Trinajstić information content (AvgIpc) is 2.73. The summed E-state index contributed by atoms with van der Waals surface area (Å²) in [6.45, 7) is 9.09. The van der Waals surface area contributed by atoms with Gasteiger partial charge in [-0.3, -0.25) is 0 Å². The smallest absolute Gasteiger partial charge is 0.0274 e. The summed E-state index contributed by atoms with van der Waals surface area (Å²) in [7, 11) is 0. The van der Waals surface area contributed by atoms with Crippen molar-refractivity contribution in [3.8, 4) is 0 Å². The SMILES string of the molecule is CCCCCCC(C)c1ccn(C(C)C)c1. The molecule has 0 aromatic carbocycles. The van der Waals surface area contributed by atoms with Crippen LogP contribution in [0.1, 0.15) is 77.3 Å².